The summed E-state index contributed by atoms with van der Waals surface area (Å²) in [5, 5.41) is 20.5. The van der Waals surface area contributed by atoms with E-state index in [1.165, 1.54) is 12.1 Å². The van der Waals surface area contributed by atoms with E-state index >= 15 is 0 Å². The Kier molecular flexibility index (Phi) is 4.60. The van der Waals surface area contributed by atoms with Gasteiger partial charge in [0.15, 0.2) is 0 Å². The lowest BCUT2D eigenvalue weighted by Crippen LogP contribution is -2.47. The maximum Gasteiger partial charge on any atom is 0.269 e. The summed E-state index contributed by atoms with van der Waals surface area (Å²) >= 11 is 0. The first-order chi connectivity index (χ1) is 11.1. The third kappa shape index (κ3) is 3.21. The summed E-state index contributed by atoms with van der Waals surface area (Å²) in [6.07, 6.45) is 3.60. The molecule has 1 aromatic carbocycles. The van der Waals surface area contributed by atoms with Gasteiger partial charge in [-0.3, -0.25) is 15.0 Å². The molecular weight excluding hydrogens is 294 g/mol. The van der Waals surface area contributed by atoms with E-state index in [0.717, 1.165) is 57.6 Å². The molecule has 1 heterocycles. The molecule has 23 heavy (non-hydrogen) atoms. The van der Waals surface area contributed by atoms with Crippen molar-refractivity contribution in [1.82, 2.24) is 4.90 Å². The van der Waals surface area contributed by atoms with Crippen molar-refractivity contribution in [2.24, 2.45) is 0 Å². The summed E-state index contributed by atoms with van der Waals surface area (Å²) in [4.78, 5) is 12.8. The fourth-order valence-electron chi connectivity index (χ4n) is 3.77. The number of nitro benzene ring substituents is 1. The van der Waals surface area contributed by atoms with Crippen LogP contribution in [0.1, 0.15) is 31.2 Å². The molecule has 0 spiro atoms. The summed E-state index contributed by atoms with van der Waals surface area (Å²) in [6, 6.07) is 9.52. The Morgan fingerprint density at radius 1 is 1.22 bits per heavy atom. The minimum absolute atomic E-state index is 0.0730. The summed E-state index contributed by atoms with van der Waals surface area (Å²) < 4.78 is 5.40. The van der Waals surface area contributed by atoms with Crippen molar-refractivity contribution in [3.8, 4) is 6.07 Å². The molecule has 6 nitrogen and oxygen atoms in total. The zero-order valence-electron chi connectivity index (χ0n) is 13.1. The average molecular weight is 315 g/mol. The number of hydrogen-bond acceptors (Lipinski definition) is 5. The summed E-state index contributed by atoms with van der Waals surface area (Å²) in [7, 11) is 0. The third-order valence-corrected chi connectivity index (χ3v) is 5.22. The Balaban J connectivity index is 1.71. The summed E-state index contributed by atoms with van der Waals surface area (Å²) in [6.45, 7) is 3.54. The molecular formula is C17H21N3O3. The first-order valence-electron chi connectivity index (χ1n) is 8.13. The first kappa shape index (κ1) is 15.9. The van der Waals surface area contributed by atoms with Crippen LogP contribution in [0.4, 0.5) is 5.69 Å². The van der Waals surface area contributed by atoms with Crippen molar-refractivity contribution in [1.29, 1.82) is 5.26 Å². The highest BCUT2D eigenvalue weighted by molar-refractivity contribution is 5.40. The minimum Gasteiger partial charge on any atom is -0.379 e. The average Bonchev–Trinajstić information content (AvgIpc) is 2.62. The number of rotatable bonds is 3. The molecule has 1 aliphatic heterocycles. The fraction of sp³-hybridized carbons (Fsp3) is 0.588. The van der Waals surface area contributed by atoms with Gasteiger partial charge in [-0.25, -0.2) is 0 Å². The number of nitrogens with zero attached hydrogens (tertiary/aromatic N) is 3. The van der Waals surface area contributed by atoms with E-state index in [0.29, 0.717) is 6.04 Å². The van der Waals surface area contributed by atoms with Gasteiger partial charge in [-0.15, -0.1) is 0 Å². The molecule has 2 aliphatic rings. The van der Waals surface area contributed by atoms with Crippen LogP contribution in [0.5, 0.6) is 0 Å². The van der Waals surface area contributed by atoms with E-state index in [1.54, 1.807) is 12.1 Å². The molecule has 1 aliphatic carbocycles. The number of non-ortho nitro benzene ring substituents is 1. The van der Waals surface area contributed by atoms with Gasteiger partial charge in [-0.2, -0.15) is 5.26 Å². The van der Waals surface area contributed by atoms with Gasteiger partial charge in [0.25, 0.3) is 5.69 Å². The van der Waals surface area contributed by atoms with Gasteiger partial charge in [0.05, 0.1) is 29.6 Å². The number of nitriles is 1. The van der Waals surface area contributed by atoms with Gasteiger partial charge in [0, 0.05) is 31.3 Å². The van der Waals surface area contributed by atoms with Gasteiger partial charge < -0.3 is 4.74 Å². The van der Waals surface area contributed by atoms with Crippen molar-refractivity contribution in [2.45, 2.75) is 37.1 Å². The first-order valence-corrected chi connectivity index (χ1v) is 8.13. The van der Waals surface area contributed by atoms with Crippen LogP contribution in [0.25, 0.3) is 0 Å². The van der Waals surface area contributed by atoms with Gasteiger partial charge >= 0.3 is 0 Å². The maximum atomic E-state index is 10.8. The highest BCUT2D eigenvalue weighted by Gasteiger charge is 2.39. The quantitative estimate of drug-likeness (QED) is 0.633. The number of nitro groups is 1. The molecule has 1 saturated carbocycles. The predicted molar refractivity (Wildman–Crippen MR) is 85.0 cm³/mol. The zero-order chi connectivity index (χ0) is 16.3. The van der Waals surface area contributed by atoms with Gasteiger partial charge in [-0.1, -0.05) is 12.1 Å². The molecule has 2 fully saturated rings. The van der Waals surface area contributed by atoms with Gasteiger partial charge in [0.2, 0.25) is 0 Å². The lowest BCUT2D eigenvalue weighted by atomic mass is 9.69. The van der Waals surface area contributed by atoms with Crippen LogP contribution >= 0.6 is 0 Å². The summed E-state index contributed by atoms with van der Waals surface area (Å²) in [5.41, 5.74) is 0.479. The van der Waals surface area contributed by atoms with E-state index in [4.69, 9.17) is 4.74 Å². The SMILES string of the molecule is N#C[C@]1(c2ccc([N+](=O)[O-])cc2)CC[C@@H](N2CCOCC2)CC1. The zero-order valence-corrected chi connectivity index (χ0v) is 13.1. The normalized spacial score (nSPS) is 28.9. The molecule has 1 saturated heterocycles. The molecule has 0 atom stereocenters. The van der Waals surface area contributed by atoms with E-state index in [1.807, 2.05) is 0 Å². The second-order valence-electron chi connectivity index (χ2n) is 6.38. The number of morpholine rings is 1. The predicted octanol–water partition coefficient (Wildman–Crippen LogP) is 2.63. The minimum atomic E-state index is -0.502. The third-order valence-electron chi connectivity index (χ3n) is 5.22. The topological polar surface area (TPSA) is 79.4 Å². The second-order valence-corrected chi connectivity index (χ2v) is 6.38. The van der Waals surface area contributed by atoms with Gasteiger partial charge in [-0.05, 0) is 31.2 Å². The van der Waals surface area contributed by atoms with Crippen LogP contribution < -0.4 is 0 Å². The van der Waals surface area contributed by atoms with E-state index in [9.17, 15) is 15.4 Å². The molecule has 0 unspecified atom stereocenters. The maximum absolute atomic E-state index is 10.8. The van der Waals surface area contributed by atoms with Crippen LogP contribution in [0, 0.1) is 21.4 Å². The molecule has 6 heteroatoms. The Morgan fingerprint density at radius 3 is 2.35 bits per heavy atom. The molecule has 0 bridgehead atoms. The van der Waals surface area contributed by atoms with Crippen molar-refractivity contribution in [2.75, 3.05) is 26.3 Å². The lowest BCUT2D eigenvalue weighted by molar-refractivity contribution is -0.384. The molecule has 0 amide bonds. The monoisotopic (exact) mass is 315 g/mol. The molecule has 0 N–H and O–H groups in total. The van der Waals surface area contributed by atoms with Crippen molar-refractivity contribution >= 4 is 5.69 Å². The number of ether oxygens (including phenoxy) is 1. The number of hydrogen-bond donors (Lipinski definition) is 0. The Bertz CT molecular complexity index is 595. The Labute approximate surface area is 135 Å². The van der Waals surface area contributed by atoms with E-state index in [2.05, 4.69) is 11.0 Å². The highest BCUT2D eigenvalue weighted by Crippen LogP contribution is 2.40. The largest absolute Gasteiger partial charge is 0.379 e. The standard InChI is InChI=1S/C17H21N3O3/c18-13-17(14-1-3-16(4-2-14)20(21)22)7-5-15(6-8-17)19-9-11-23-12-10-19/h1-4,15H,5-12H2/t15-,17+. The van der Waals surface area contributed by atoms with Crippen LogP contribution in [-0.2, 0) is 10.2 Å². The molecule has 0 radical (unpaired) electrons. The van der Waals surface area contributed by atoms with E-state index < -0.39 is 10.3 Å². The molecule has 1 aromatic rings. The van der Waals surface area contributed by atoms with Crippen LogP contribution in [0.15, 0.2) is 24.3 Å². The Morgan fingerprint density at radius 2 is 1.83 bits per heavy atom. The summed E-state index contributed by atoms with van der Waals surface area (Å²) in [5.74, 6) is 0. The van der Waals surface area contributed by atoms with E-state index in [-0.39, 0.29) is 5.69 Å². The highest BCUT2D eigenvalue weighted by atomic mass is 16.6. The Hall–Kier alpha value is -1.97. The molecule has 122 valence electrons. The second kappa shape index (κ2) is 6.65. The van der Waals surface area contributed by atoms with Crippen LogP contribution in [0.3, 0.4) is 0 Å². The molecule has 0 aromatic heterocycles. The smallest absolute Gasteiger partial charge is 0.269 e. The van der Waals surface area contributed by atoms with Crippen molar-refractivity contribution in [3.63, 3.8) is 0 Å². The van der Waals surface area contributed by atoms with Crippen molar-refractivity contribution < 1.29 is 9.66 Å². The fourth-order valence-corrected chi connectivity index (χ4v) is 3.77. The van der Waals surface area contributed by atoms with Crippen molar-refractivity contribution in [3.05, 3.63) is 39.9 Å². The molecule has 3 rings (SSSR count). The van der Waals surface area contributed by atoms with Crippen LogP contribution in [0.2, 0.25) is 0 Å². The van der Waals surface area contributed by atoms with Gasteiger partial charge in [0.1, 0.15) is 0 Å². The lowest BCUT2D eigenvalue weighted by Gasteiger charge is -2.41. The number of benzene rings is 1. The van der Waals surface area contributed by atoms with Crippen LogP contribution in [-0.4, -0.2) is 42.2 Å².